The van der Waals surface area contributed by atoms with E-state index in [1.807, 2.05) is 22.4 Å². The number of nitrogens with zero attached hydrogens (tertiary/aromatic N) is 3. The Kier molecular flexibility index (Phi) is 6.29. The van der Waals surface area contributed by atoms with Gasteiger partial charge in [-0.2, -0.15) is 0 Å². The largest absolute Gasteiger partial charge is 0.368 e. The van der Waals surface area contributed by atoms with E-state index < -0.39 is 0 Å². The van der Waals surface area contributed by atoms with Gasteiger partial charge in [0.05, 0.1) is 21.2 Å². The zero-order valence-corrected chi connectivity index (χ0v) is 19.6. The number of hydrogen-bond acceptors (Lipinski definition) is 6. The summed E-state index contributed by atoms with van der Waals surface area (Å²) in [7, 11) is 0. The van der Waals surface area contributed by atoms with Gasteiger partial charge in [-0.25, -0.2) is 9.37 Å². The molecule has 1 amide bonds. The van der Waals surface area contributed by atoms with Gasteiger partial charge in [0.25, 0.3) is 0 Å². The molecule has 5 nitrogen and oxygen atoms in total. The van der Waals surface area contributed by atoms with Gasteiger partial charge >= 0.3 is 0 Å². The summed E-state index contributed by atoms with van der Waals surface area (Å²) in [5.41, 5.74) is 2.93. The van der Waals surface area contributed by atoms with Crippen molar-refractivity contribution in [1.29, 1.82) is 0 Å². The van der Waals surface area contributed by atoms with Gasteiger partial charge in [0.1, 0.15) is 11.5 Å². The predicted octanol–water partition coefficient (Wildman–Crippen LogP) is 5.45. The normalized spacial score (nSPS) is 14.2. The second-order valence-corrected chi connectivity index (χ2v) is 10.2. The summed E-state index contributed by atoms with van der Waals surface area (Å²) in [6.07, 6.45) is 0. The minimum atomic E-state index is -0.234. The molecule has 1 aromatic carbocycles. The highest BCUT2D eigenvalue weighted by Gasteiger charge is 2.22. The number of imidazole rings is 1. The molecule has 1 aliphatic rings. The number of piperazine rings is 1. The van der Waals surface area contributed by atoms with Crippen LogP contribution in [-0.2, 0) is 4.79 Å². The molecule has 0 bridgehead atoms. The smallest absolute Gasteiger partial charge is 0.233 e. The number of aromatic amines is 1. The van der Waals surface area contributed by atoms with Gasteiger partial charge in [0, 0.05) is 31.9 Å². The maximum absolute atomic E-state index is 13.2. The fourth-order valence-corrected chi connectivity index (χ4v) is 5.92. The first-order valence-electron chi connectivity index (χ1n) is 10.3. The molecule has 4 heterocycles. The minimum absolute atomic E-state index is 0.112. The van der Waals surface area contributed by atoms with E-state index in [0.717, 1.165) is 45.1 Å². The maximum Gasteiger partial charge on any atom is 0.233 e. The summed E-state index contributed by atoms with van der Waals surface area (Å²) in [5, 5.41) is 4.86. The Labute approximate surface area is 197 Å². The summed E-state index contributed by atoms with van der Waals surface area (Å²) < 4.78 is 13.2. The number of aromatic nitrogens is 2. The van der Waals surface area contributed by atoms with E-state index in [1.54, 1.807) is 34.8 Å². The van der Waals surface area contributed by atoms with Crippen molar-refractivity contribution in [3.8, 4) is 21.1 Å². The van der Waals surface area contributed by atoms with Crippen molar-refractivity contribution in [2.45, 2.75) is 5.16 Å². The number of H-pyrrole nitrogens is 1. The summed E-state index contributed by atoms with van der Waals surface area (Å²) in [6, 6.07) is 14.7. The highest BCUT2D eigenvalue weighted by molar-refractivity contribution is 7.99. The third-order valence-electron chi connectivity index (χ3n) is 5.36. The van der Waals surface area contributed by atoms with Crippen molar-refractivity contribution in [2.75, 3.05) is 36.8 Å². The number of rotatable bonds is 6. The number of carbonyl (C=O) groups excluding carboxylic acids is 1. The molecule has 5 rings (SSSR count). The summed E-state index contributed by atoms with van der Waals surface area (Å²) in [5.74, 6) is 0.222. The van der Waals surface area contributed by atoms with E-state index in [9.17, 15) is 9.18 Å². The molecule has 3 aromatic heterocycles. The van der Waals surface area contributed by atoms with Crippen LogP contribution in [0.4, 0.5) is 10.1 Å². The van der Waals surface area contributed by atoms with E-state index in [0.29, 0.717) is 18.8 Å². The number of amides is 1. The van der Waals surface area contributed by atoms with E-state index in [2.05, 4.69) is 27.4 Å². The molecule has 32 heavy (non-hydrogen) atoms. The monoisotopic (exact) mass is 484 g/mol. The molecule has 9 heteroatoms. The van der Waals surface area contributed by atoms with Crippen LogP contribution in [-0.4, -0.2) is 52.7 Å². The second-order valence-electron chi connectivity index (χ2n) is 7.35. The number of thiophene rings is 2. The topological polar surface area (TPSA) is 52.2 Å². The first-order valence-corrected chi connectivity index (χ1v) is 13.0. The van der Waals surface area contributed by atoms with Crippen LogP contribution in [0, 0.1) is 5.82 Å². The Morgan fingerprint density at radius 1 is 1.00 bits per heavy atom. The molecule has 4 aromatic rings. The van der Waals surface area contributed by atoms with Crippen LogP contribution in [0.25, 0.3) is 21.1 Å². The Balaban J connectivity index is 1.21. The summed E-state index contributed by atoms with van der Waals surface area (Å²) in [6.45, 7) is 2.81. The van der Waals surface area contributed by atoms with E-state index in [-0.39, 0.29) is 11.7 Å². The molecule has 0 saturated carbocycles. The van der Waals surface area contributed by atoms with Crippen molar-refractivity contribution in [3.63, 3.8) is 0 Å². The van der Waals surface area contributed by atoms with Gasteiger partial charge < -0.3 is 14.8 Å². The maximum atomic E-state index is 13.2. The third kappa shape index (κ3) is 4.60. The van der Waals surface area contributed by atoms with Gasteiger partial charge in [-0.15, -0.1) is 22.7 Å². The van der Waals surface area contributed by atoms with Crippen molar-refractivity contribution < 1.29 is 9.18 Å². The van der Waals surface area contributed by atoms with Crippen molar-refractivity contribution in [3.05, 3.63) is 65.1 Å². The molecule has 0 spiro atoms. The Hall–Kier alpha value is -2.62. The SMILES string of the molecule is O=C(CSc1nc(-c2cccs2)c(-c2cccs2)[nH]1)N1CCN(c2ccc(F)cc2)CC1. The molecule has 1 aliphatic heterocycles. The average molecular weight is 485 g/mol. The van der Waals surface area contributed by atoms with E-state index in [1.165, 1.54) is 23.9 Å². The van der Waals surface area contributed by atoms with Gasteiger partial charge in [0.2, 0.25) is 5.91 Å². The quantitative estimate of drug-likeness (QED) is 0.370. The Morgan fingerprint density at radius 2 is 1.69 bits per heavy atom. The molecular formula is C23H21FN4OS3. The van der Waals surface area contributed by atoms with Crippen LogP contribution >= 0.6 is 34.4 Å². The van der Waals surface area contributed by atoms with Gasteiger partial charge in [-0.3, -0.25) is 4.79 Å². The first-order chi connectivity index (χ1) is 15.7. The summed E-state index contributed by atoms with van der Waals surface area (Å²) >= 11 is 4.78. The van der Waals surface area contributed by atoms with Crippen LogP contribution in [0.5, 0.6) is 0 Å². The number of nitrogens with one attached hydrogen (secondary N) is 1. The van der Waals surface area contributed by atoms with Crippen molar-refractivity contribution in [1.82, 2.24) is 14.9 Å². The Bertz CT molecular complexity index is 1110. The Morgan fingerprint density at radius 3 is 2.34 bits per heavy atom. The first kappa shape index (κ1) is 21.2. The number of hydrogen-bond donors (Lipinski definition) is 1. The minimum Gasteiger partial charge on any atom is -0.368 e. The third-order valence-corrected chi connectivity index (χ3v) is 7.98. The van der Waals surface area contributed by atoms with Crippen molar-refractivity contribution in [2.24, 2.45) is 0 Å². The molecule has 0 aliphatic carbocycles. The second kappa shape index (κ2) is 9.48. The lowest BCUT2D eigenvalue weighted by molar-refractivity contribution is -0.128. The van der Waals surface area contributed by atoms with Gasteiger partial charge in [-0.1, -0.05) is 23.9 Å². The molecule has 1 fully saturated rings. The molecule has 164 valence electrons. The van der Waals surface area contributed by atoms with Crippen LogP contribution in [0.15, 0.2) is 64.4 Å². The number of anilines is 1. The fourth-order valence-electron chi connectivity index (χ4n) is 3.70. The molecule has 1 saturated heterocycles. The van der Waals surface area contributed by atoms with Gasteiger partial charge in [-0.05, 0) is 47.2 Å². The number of carbonyl (C=O) groups is 1. The van der Waals surface area contributed by atoms with Crippen LogP contribution in [0.3, 0.4) is 0 Å². The standard InChI is InChI=1S/C23H21FN4OS3/c24-16-5-7-17(8-6-16)27-9-11-28(12-10-27)20(29)15-32-23-25-21(18-3-1-13-30-18)22(26-23)19-4-2-14-31-19/h1-8,13-14H,9-12,15H2,(H,25,26). The number of benzene rings is 1. The number of halogens is 1. The van der Waals surface area contributed by atoms with Crippen LogP contribution < -0.4 is 4.90 Å². The summed E-state index contributed by atoms with van der Waals surface area (Å²) in [4.78, 5) is 27.4. The average Bonchev–Trinajstić information content (AvgIpc) is 3.59. The molecule has 1 N–H and O–H groups in total. The van der Waals surface area contributed by atoms with E-state index >= 15 is 0 Å². The molecule has 0 radical (unpaired) electrons. The van der Waals surface area contributed by atoms with Gasteiger partial charge in [0.15, 0.2) is 5.16 Å². The zero-order chi connectivity index (χ0) is 21.9. The lowest BCUT2D eigenvalue weighted by Crippen LogP contribution is -2.49. The predicted molar refractivity (Wildman–Crippen MR) is 131 cm³/mol. The van der Waals surface area contributed by atoms with Crippen molar-refractivity contribution >= 4 is 46.0 Å². The lowest BCUT2D eigenvalue weighted by Gasteiger charge is -2.36. The zero-order valence-electron chi connectivity index (χ0n) is 17.2. The molecule has 0 unspecified atom stereocenters. The fraction of sp³-hybridized carbons (Fsp3) is 0.217. The van der Waals surface area contributed by atoms with Crippen LogP contribution in [0.2, 0.25) is 0 Å². The number of thioether (sulfide) groups is 1. The lowest BCUT2D eigenvalue weighted by atomic mass is 10.2. The molecule has 0 atom stereocenters. The highest BCUT2D eigenvalue weighted by Crippen LogP contribution is 2.36. The highest BCUT2D eigenvalue weighted by atomic mass is 32.2. The molecular weight excluding hydrogens is 463 g/mol. The van der Waals surface area contributed by atoms with Crippen LogP contribution in [0.1, 0.15) is 0 Å². The van der Waals surface area contributed by atoms with E-state index in [4.69, 9.17) is 4.98 Å².